The van der Waals surface area contributed by atoms with Crippen LogP contribution >= 0.6 is 0 Å². The van der Waals surface area contributed by atoms with Crippen LogP contribution in [-0.2, 0) is 16.0 Å². The maximum absolute atomic E-state index is 12.0. The van der Waals surface area contributed by atoms with Crippen molar-refractivity contribution >= 4 is 17.5 Å². The average molecular weight is 318 g/mol. The fraction of sp³-hybridized carbons (Fsp3) is 0.467. The topological polar surface area (TPSA) is 108 Å². The minimum Gasteiger partial charge on any atom is -0.481 e. The number of aromatic nitrogens is 3. The molecular formula is C15H18N4O4. The zero-order valence-corrected chi connectivity index (χ0v) is 12.5. The number of aliphatic hydroxyl groups is 1. The van der Waals surface area contributed by atoms with E-state index in [1.165, 1.54) is 4.90 Å². The van der Waals surface area contributed by atoms with Crippen LogP contribution in [0.1, 0.15) is 18.5 Å². The molecule has 0 radical (unpaired) electrons. The summed E-state index contributed by atoms with van der Waals surface area (Å²) < 4.78 is 1.86. The highest BCUT2D eigenvalue weighted by Gasteiger charge is 2.34. The van der Waals surface area contributed by atoms with E-state index >= 15 is 0 Å². The second-order valence-electron chi connectivity index (χ2n) is 5.80. The predicted octanol–water partition coefficient (Wildman–Crippen LogP) is -0.0441. The van der Waals surface area contributed by atoms with E-state index in [9.17, 15) is 14.7 Å². The lowest BCUT2D eigenvalue weighted by Crippen LogP contribution is -2.29. The summed E-state index contributed by atoms with van der Waals surface area (Å²) in [7, 11) is 0. The van der Waals surface area contributed by atoms with Crippen LogP contribution in [0.4, 0.5) is 0 Å². The summed E-state index contributed by atoms with van der Waals surface area (Å²) in [6.45, 7) is 0.666. The van der Waals surface area contributed by atoms with Crippen LogP contribution < -0.4 is 0 Å². The van der Waals surface area contributed by atoms with Gasteiger partial charge in [-0.05, 0) is 6.42 Å². The lowest BCUT2D eigenvalue weighted by atomic mass is 10.0. The molecule has 2 atom stereocenters. The molecule has 0 unspecified atom stereocenters. The molecule has 2 aromatic heterocycles. The molecule has 2 aromatic rings. The number of amides is 1. The number of carboxylic acid groups (broad SMARTS) is 1. The molecule has 122 valence electrons. The second-order valence-corrected chi connectivity index (χ2v) is 5.80. The van der Waals surface area contributed by atoms with Crippen LogP contribution in [0.3, 0.4) is 0 Å². The Balaban J connectivity index is 1.62. The van der Waals surface area contributed by atoms with Crippen molar-refractivity contribution in [1.82, 2.24) is 19.3 Å². The van der Waals surface area contributed by atoms with Crippen LogP contribution in [0.15, 0.2) is 24.8 Å². The number of hydrogen-bond donors (Lipinski definition) is 2. The molecule has 0 spiro atoms. The molecule has 8 heteroatoms. The van der Waals surface area contributed by atoms with Gasteiger partial charge >= 0.3 is 5.97 Å². The molecule has 1 aliphatic heterocycles. The van der Waals surface area contributed by atoms with Gasteiger partial charge in [-0.25, -0.2) is 4.98 Å². The Morgan fingerprint density at radius 2 is 2.09 bits per heavy atom. The number of hydrogen-bond acceptors (Lipinski definition) is 5. The number of carbonyl (C=O) groups is 2. The number of aliphatic hydroxyl groups excluding tert-OH is 1. The van der Waals surface area contributed by atoms with Crippen molar-refractivity contribution in [2.24, 2.45) is 5.92 Å². The third kappa shape index (κ3) is 3.48. The van der Waals surface area contributed by atoms with Crippen LogP contribution in [0, 0.1) is 5.92 Å². The summed E-state index contributed by atoms with van der Waals surface area (Å²) in [5.74, 6) is -1.32. The van der Waals surface area contributed by atoms with Crippen molar-refractivity contribution in [3.63, 3.8) is 0 Å². The smallest absolute Gasteiger partial charge is 0.303 e. The van der Waals surface area contributed by atoms with E-state index < -0.39 is 12.1 Å². The lowest BCUT2D eigenvalue weighted by Gasteiger charge is -2.15. The van der Waals surface area contributed by atoms with E-state index in [1.807, 2.05) is 16.8 Å². The van der Waals surface area contributed by atoms with Gasteiger partial charge in [-0.15, -0.1) is 0 Å². The first-order valence-electron chi connectivity index (χ1n) is 7.48. The molecule has 0 bridgehead atoms. The monoisotopic (exact) mass is 318 g/mol. The average Bonchev–Trinajstić information content (AvgIpc) is 3.11. The summed E-state index contributed by atoms with van der Waals surface area (Å²) in [5, 5.41) is 18.8. The van der Waals surface area contributed by atoms with Gasteiger partial charge in [-0.3, -0.25) is 14.6 Å². The summed E-state index contributed by atoms with van der Waals surface area (Å²) >= 11 is 0. The van der Waals surface area contributed by atoms with Crippen LogP contribution in [0.2, 0.25) is 0 Å². The van der Waals surface area contributed by atoms with E-state index in [0.29, 0.717) is 13.0 Å². The molecule has 1 saturated heterocycles. The number of rotatable bonds is 5. The SMILES string of the molecule is O=C(O)CCC(=O)N1C[C@H](Cc2cn3ccnc3cn2)[C@H](O)C1. The number of β-amino-alcohol motifs (C(OH)–C–C–N with tert-alkyl or cyclic N) is 1. The third-order valence-corrected chi connectivity index (χ3v) is 4.12. The van der Waals surface area contributed by atoms with E-state index in [0.717, 1.165) is 11.3 Å². The summed E-state index contributed by atoms with van der Waals surface area (Å²) in [6, 6.07) is 0. The van der Waals surface area contributed by atoms with Gasteiger partial charge in [-0.2, -0.15) is 0 Å². The van der Waals surface area contributed by atoms with E-state index in [1.54, 1.807) is 12.4 Å². The molecule has 1 fully saturated rings. The van der Waals surface area contributed by atoms with Gasteiger partial charge in [0, 0.05) is 44.0 Å². The van der Waals surface area contributed by atoms with Gasteiger partial charge in [-0.1, -0.05) is 0 Å². The van der Waals surface area contributed by atoms with Gasteiger partial charge in [0.1, 0.15) is 0 Å². The van der Waals surface area contributed by atoms with Crippen LogP contribution in [0.25, 0.3) is 5.65 Å². The first-order valence-corrected chi connectivity index (χ1v) is 7.48. The van der Waals surface area contributed by atoms with Gasteiger partial charge in [0.2, 0.25) is 5.91 Å². The number of aliphatic carboxylic acids is 1. The zero-order valence-electron chi connectivity index (χ0n) is 12.5. The summed E-state index contributed by atoms with van der Waals surface area (Å²) in [4.78, 5) is 32.5. The predicted molar refractivity (Wildman–Crippen MR) is 79.6 cm³/mol. The molecule has 3 rings (SSSR count). The van der Waals surface area contributed by atoms with Gasteiger partial charge in [0.25, 0.3) is 0 Å². The number of likely N-dealkylation sites (tertiary alicyclic amines) is 1. The van der Waals surface area contributed by atoms with Crippen molar-refractivity contribution < 1.29 is 19.8 Å². The third-order valence-electron chi connectivity index (χ3n) is 4.12. The molecule has 0 aromatic carbocycles. The maximum Gasteiger partial charge on any atom is 0.303 e. The van der Waals surface area contributed by atoms with Gasteiger partial charge < -0.3 is 19.5 Å². The highest BCUT2D eigenvalue weighted by atomic mass is 16.4. The minimum atomic E-state index is -0.993. The molecule has 3 heterocycles. The highest BCUT2D eigenvalue weighted by Crippen LogP contribution is 2.22. The Hall–Kier alpha value is -2.48. The highest BCUT2D eigenvalue weighted by molar-refractivity contribution is 5.81. The Bertz CT molecular complexity index is 729. The van der Waals surface area contributed by atoms with Gasteiger partial charge in [0.05, 0.1) is 24.4 Å². The van der Waals surface area contributed by atoms with Crippen molar-refractivity contribution in [2.45, 2.75) is 25.4 Å². The lowest BCUT2D eigenvalue weighted by molar-refractivity contribution is -0.140. The fourth-order valence-electron chi connectivity index (χ4n) is 2.87. The van der Waals surface area contributed by atoms with Crippen molar-refractivity contribution in [3.8, 4) is 0 Å². The molecular weight excluding hydrogens is 300 g/mol. The number of imidazole rings is 1. The van der Waals surface area contributed by atoms with Crippen molar-refractivity contribution in [1.29, 1.82) is 0 Å². The Morgan fingerprint density at radius 3 is 2.87 bits per heavy atom. The van der Waals surface area contributed by atoms with E-state index in [4.69, 9.17) is 5.11 Å². The minimum absolute atomic E-state index is 0.0337. The molecule has 0 saturated carbocycles. The first kappa shape index (κ1) is 15.4. The summed E-state index contributed by atoms with van der Waals surface area (Å²) in [5.41, 5.74) is 1.57. The van der Waals surface area contributed by atoms with Crippen LogP contribution in [-0.4, -0.2) is 60.6 Å². The number of carbonyl (C=O) groups excluding carboxylic acids is 1. The molecule has 8 nitrogen and oxygen atoms in total. The van der Waals surface area contributed by atoms with Crippen molar-refractivity contribution in [2.75, 3.05) is 13.1 Å². The number of fused-ring (bicyclic) bond motifs is 1. The number of nitrogens with zero attached hydrogens (tertiary/aromatic N) is 4. The molecule has 2 N–H and O–H groups in total. The quantitative estimate of drug-likeness (QED) is 0.800. The Kier molecular flexibility index (Phi) is 4.24. The first-order chi connectivity index (χ1) is 11.0. The molecule has 0 aliphatic carbocycles. The largest absolute Gasteiger partial charge is 0.481 e. The molecule has 1 amide bonds. The normalized spacial score (nSPS) is 21.0. The fourth-order valence-corrected chi connectivity index (χ4v) is 2.87. The standard InChI is InChI=1S/C15H18N4O4/c20-12-9-19(14(21)1-2-15(22)23)7-10(12)5-11-8-18-4-3-16-13(18)6-17-11/h3-4,6,8,10,12,20H,1-2,5,7,9H2,(H,22,23)/t10-,12+/m0/s1. The Morgan fingerprint density at radius 1 is 1.26 bits per heavy atom. The van der Waals surface area contributed by atoms with Crippen LogP contribution in [0.5, 0.6) is 0 Å². The van der Waals surface area contributed by atoms with Gasteiger partial charge in [0.15, 0.2) is 5.65 Å². The van der Waals surface area contributed by atoms with Crippen molar-refractivity contribution in [3.05, 3.63) is 30.5 Å². The molecule has 23 heavy (non-hydrogen) atoms. The van der Waals surface area contributed by atoms with E-state index in [-0.39, 0.29) is 31.2 Å². The zero-order chi connectivity index (χ0) is 16.4. The van der Waals surface area contributed by atoms with E-state index in [2.05, 4.69) is 9.97 Å². The molecule has 1 aliphatic rings. The second kappa shape index (κ2) is 6.33. The summed E-state index contributed by atoms with van der Waals surface area (Å²) in [6.07, 6.45) is 6.77. The maximum atomic E-state index is 12.0. The number of carboxylic acids is 1. The Labute approximate surface area is 132 Å².